The third kappa shape index (κ3) is 18.5. The maximum atomic E-state index is 12.5. The summed E-state index contributed by atoms with van der Waals surface area (Å²) < 4.78 is 150. The van der Waals surface area contributed by atoms with E-state index in [0.717, 1.165) is 12.1 Å². The number of unbranched alkanes of at least 4 members (excludes halogenated alkanes) is 2. The molecule has 3 heterocycles. The molecule has 7 rings (SSSR count). The molecule has 22 nitrogen and oxygen atoms in total. The molecule has 0 aliphatic carbocycles. The Morgan fingerprint density at radius 3 is 1.39 bits per heavy atom. The highest BCUT2D eigenvalue weighted by Gasteiger charge is 2.46. The molecule has 3 N–H and O–H groups in total. The number of amides is 2. The van der Waals surface area contributed by atoms with E-state index in [9.17, 15) is 66.3 Å². The number of imide groups is 1. The Labute approximate surface area is 527 Å². The number of quaternary nitrogens is 3. The van der Waals surface area contributed by atoms with Gasteiger partial charge in [-0.3, -0.25) is 9.59 Å². The lowest BCUT2D eigenvalue weighted by Crippen LogP contribution is -3.11. The molecule has 1 fully saturated rings. The van der Waals surface area contributed by atoms with Gasteiger partial charge in [0.25, 0.3) is 11.8 Å². The van der Waals surface area contributed by atoms with E-state index in [0.29, 0.717) is 83.5 Å². The van der Waals surface area contributed by atoms with Crippen LogP contribution in [0.5, 0.6) is 0 Å². The molecule has 3 aliphatic heterocycles. The van der Waals surface area contributed by atoms with Crippen LogP contribution in [0.3, 0.4) is 0 Å². The molecule has 0 aromatic heterocycles. The van der Waals surface area contributed by atoms with Gasteiger partial charge >= 0.3 is 5.97 Å². The molecule has 1 saturated heterocycles. The topological polar surface area (TPSA) is 312 Å². The lowest BCUT2D eigenvalue weighted by atomic mass is 9.79. The Balaban J connectivity index is 0.000000689. The van der Waals surface area contributed by atoms with Gasteiger partial charge in [-0.1, -0.05) is 38.1 Å². The number of anilines is 1. The molecule has 0 unspecified atom stereocenters. The van der Waals surface area contributed by atoms with E-state index in [4.69, 9.17) is 4.84 Å². The second kappa shape index (κ2) is 32.0. The average molecular weight is 1320 g/mol. The summed E-state index contributed by atoms with van der Waals surface area (Å²) in [4.78, 5) is 44.7. The van der Waals surface area contributed by atoms with Crippen molar-refractivity contribution in [2.75, 3.05) is 76.9 Å². The van der Waals surface area contributed by atoms with E-state index >= 15 is 0 Å². The molecular weight excluding hydrogens is 1220 g/mol. The van der Waals surface area contributed by atoms with Crippen LogP contribution in [-0.4, -0.2) is 157 Å². The predicted octanol–water partition coefficient (Wildman–Crippen LogP) is 4.76. The Kier molecular flexibility index (Phi) is 27.2. The first-order valence-corrected chi connectivity index (χ1v) is 36.3. The minimum absolute atomic E-state index is 0.0447. The monoisotopic (exact) mass is 1320 g/mol. The number of fused-ring (bicyclic) bond motifs is 6. The van der Waals surface area contributed by atoms with Crippen molar-refractivity contribution in [1.82, 2.24) is 5.06 Å². The second-order valence-corrected chi connectivity index (χ2v) is 28.3. The van der Waals surface area contributed by atoms with Crippen LogP contribution in [-0.2, 0) is 70.5 Å². The molecule has 89 heavy (non-hydrogen) atoms. The van der Waals surface area contributed by atoms with Gasteiger partial charge in [0.2, 0.25) is 5.69 Å². The largest absolute Gasteiger partial charge is 0.744 e. The summed E-state index contributed by atoms with van der Waals surface area (Å²) in [7, 11) is -20.9. The molecule has 0 saturated carbocycles. The number of rotatable bonds is 24. The Morgan fingerprint density at radius 1 is 0.551 bits per heavy atom. The van der Waals surface area contributed by atoms with Gasteiger partial charge < -0.3 is 42.6 Å². The standard InChI is InChI=1S/C45H47N3O16S4.3C6H15N/c1-6-46-33-18-16-29-31(23-27(65(52,53)54)25-35(29)67(58,59)60)42(33)44(2,3)37(46)13-9-7-10-14-38-45(4,5)43-32-24-28(66(55,56)57)26-36(68(61,62)63)30(32)17-19-34(43)47(38)22-12-8-11-15-41(51)64-48-39(49)20-21-40(48)50;3*1-4-7(5-2)6-3/h7,9-10,13-14,16-19,23-26H,6,8,11-12,15,20-22H2,1-5H3,(H3-,52,53,54,55,56,57,58,59,60,61,62,63);3*4-6H2,1-3H3. The highest BCUT2D eigenvalue weighted by molar-refractivity contribution is 7.87. The average Bonchev–Trinajstić information content (AvgIpc) is 1.63. The number of carbonyl (C=O) groups excluding carboxylic acids is 3. The summed E-state index contributed by atoms with van der Waals surface area (Å²) in [6.07, 6.45) is 9.74. The number of hydroxylamine groups is 2. The van der Waals surface area contributed by atoms with Crippen LogP contribution >= 0.6 is 0 Å². The van der Waals surface area contributed by atoms with Crippen molar-refractivity contribution in [3.8, 4) is 0 Å². The van der Waals surface area contributed by atoms with Crippen LogP contribution in [0.25, 0.3) is 21.5 Å². The number of allylic oxidation sites excluding steroid dienone is 6. The maximum Gasteiger partial charge on any atom is 0.333 e. The molecule has 4 aromatic rings. The highest BCUT2D eigenvalue weighted by Crippen LogP contribution is 2.52. The number of benzene rings is 4. The fourth-order valence-corrected chi connectivity index (χ4v) is 14.3. The lowest BCUT2D eigenvalue weighted by molar-refractivity contribution is -0.894. The van der Waals surface area contributed by atoms with Crippen LogP contribution < -0.4 is 19.6 Å². The fourth-order valence-electron chi connectivity index (χ4n) is 11.7. The molecule has 4 aromatic carbocycles. The minimum atomic E-state index is -5.28. The second-order valence-electron chi connectivity index (χ2n) is 22.9. The molecule has 0 radical (unpaired) electrons. The van der Waals surface area contributed by atoms with E-state index in [2.05, 4.69) is 62.3 Å². The van der Waals surface area contributed by atoms with Crippen molar-refractivity contribution in [2.45, 2.75) is 166 Å². The van der Waals surface area contributed by atoms with E-state index in [-0.39, 0.29) is 40.8 Å². The SMILES string of the molecule is CCN1\C(=C/C=C/C=C/C2=[N+](CCCCCC(=O)ON3C(=O)CCC3=O)c3ccc4c(S(=O)(=O)[O-])cc(S(=O)(=O)[O-])cc4c3C2(C)C)C(C)(C)c2c1ccc1c(S(=O)(=O)[O-])cc(S(=O)(=O)[O-])cc21.CC[NH+](CC)CC.CC[NH+](CC)CC.CC[NH+](CC)CC. The smallest absolute Gasteiger partial charge is 0.333 e. The minimum Gasteiger partial charge on any atom is -0.744 e. The van der Waals surface area contributed by atoms with Crippen molar-refractivity contribution in [3.05, 3.63) is 95.7 Å². The number of nitrogens with one attached hydrogen (secondary N) is 3. The first-order chi connectivity index (χ1) is 41.5. The molecule has 0 spiro atoms. The fraction of sp³-hybridized carbons (Fsp3) is 0.524. The summed E-state index contributed by atoms with van der Waals surface area (Å²) in [6.45, 7) is 41.3. The molecule has 0 atom stereocenters. The zero-order valence-corrected chi connectivity index (χ0v) is 57.3. The molecule has 2 amide bonds. The first-order valence-electron chi connectivity index (χ1n) is 30.6. The van der Waals surface area contributed by atoms with Crippen LogP contribution in [0.4, 0.5) is 11.4 Å². The van der Waals surface area contributed by atoms with Crippen molar-refractivity contribution >= 4 is 96.9 Å². The number of carbonyl (C=O) groups is 3. The maximum absolute atomic E-state index is 12.5. The normalized spacial score (nSPS) is 16.2. The zero-order chi connectivity index (χ0) is 67.2. The molecule has 494 valence electrons. The highest BCUT2D eigenvalue weighted by atomic mass is 32.2. The number of hydrogen-bond donors (Lipinski definition) is 3. The van der Waals surface area contributed by atoms with Crippen LogP contribution in [0, 0.1) is 0 Å². The number of hydrogen-bond acceptors (Lipinski definition) is 17. The van der Waals surface area contributed by atoms with Crippen LogP contribution in [0.1, 0.15) is 147 Å². The van der Waals surface area contributed by atoms with Crippen LogP contribution in [0.2, 0.25) is 0 Å². The molecule has 0 bridgehead atoms. The van der Waals surface area contributed by atoms with Crippen molar-refractivity contribution < 1.29 is 90.4 Å². The third-order valence-corrected chi connectivity index (χ3v) is 20.3. The van der Waals surface area contributed by atoms with Gasteiger partial charge in [-0.05, 0) is 160 Å². The van der Waals surface area contributed by atoms with Gasteiger partial charge in [-0.25, -0.2) is 38.5 Å². The van der Waals surface area contributed by atoms with E-state index in [1.54, 1.807) is 71.1 Å². The third-order valence-electron chi connectivity index (χ3n) is 16.9. The first kappa shape index (κ1) is 75.7. The van der Waals surface area contributed by atoms with Gasteiger partial charge in [0.15, 0.2) is 5.71 Å². The summed E-state index contributed by atoms with van der Waals surface area (Å²) in [5, 5.41) is 0.496. The number of likely N-dealkylation sites (N-methyl/N-ethyl adjacent to an activating group) is 1. The van der Waals surface area contributed by atoms with Gasteiger partial charge in [0.05, 0.1) is 83.9 Å². The zero-order valence-electron chi connectivity index (χ0n) is 54.0. The van der Waals surface area contributed by atoms with Crippen molar-refractivity contribution in [3.63, 3.8) is 0 Å². The van der Waals surface area contributed by atoms with Crippen molar-refractivity contribution in [1.29, 1.82) is 0 Å². The Hall–Kier alpha value is -5.78. The number of nitrogens with zero attached hydrogens (tertiary/aromatic N) is 3. The Morgan fingerprint density at radius 2 is 0.989 bits per heavy atom. The van der Waals surface area contributed by atoms with Gasteiger partial charge in [0, 0.05) is 72.1 Å². The van der Waals surface area contributed by atoms with E-state index in [1.165, 1.54) is 71.0 Å². The van der Waals surface area contributed by atoms with E-state index in [1.807, 2.05) is 30.2 Å². The van der Waals surface area contributed by atoms with Crippen LogP contribution in [0.15, 0.2) is 104 Å². The summed E-state index contributed by atoms with van der Waals surface area (Å²) in [5.74, 6) is -1.97. The predicted molar refractivity (Wildman–Crippen MR) is 338 cm³/mol. The van der Waals surface area contributed by atoms with Gasteiger partial charge in [0.1, 0.15) is 47.0 Å². The molecule has 3 aliphatic rings. The quantitative estimate of drug-likeness (QED) is 0.0280. The van der Waals surface area contributed by atoms with Gasteiger partial charge in [-0.2, -0.15) is 4.58 Å². The van der Waals surface area contributed by atoms with Crippen molar-refractivity contribution in [2.24, 2.45) is 0 Å². The summed E-state index contributed by atoms with van der Waals surface area (Å²) in [6, 6.07) is 9.23. The molecule has 26 heteroatoms. The summed E-state index contributed by atoms with van der Waals surface area (Å²) in [5.41, 5.74) is 1.37. The molecular formula is C63H92N6O16S4. The Bertz CT molecular complexity index is 3750. The summed E-state index contributed by atoms with van der Waals surface area (Å²) >= 11 is 0. The van der Waals surface area contributed by atoms with Gasteiger partial charge in [-0.15, -0.1) is 5.06 Å². The lowest BCUT2D eigenvalue weighted by Gasteiger charge is -2.26. The van der Waals surface area contributed by atoms with E-state index < -0.39 is 88.7 Å².